The Morgan fingerprint density at radius 1 is 1.43 bits per heavy atom. The Morgan fingerprint density at radius 2 is 2.22 bits per heavy atom. The highest BCUT2D eigenvalue weighted by molar-refractivity contribution is 5.94. The first kappa shape index (κ1) is 15.3. The molecule has 2 aromatic rings. The molecule has 2 aromatic heterocycles. The molecule has 1 saturated heterocycles. The van der Waals surface area contributed by atoms with Crippen LogP contribution in [0.15, 0.2) is 23.0 Å². The molecule has 122 valence electrons. The number of carbonyl (C=O) groups is 2. The first-order valence-corrected chi connectivity index (χ1v) is 7.44. The first-order chi connectivity index (χ1) is 11.0. The van der Waals surface area contributed by atoms with E-state index in [0.717, 1.165) is 11.3 Å². The minimum Gasteiger partial charge on any atom is -0.362 e. The van der Waals surface area contributed by atoms with Crippen LogP contribution in [-0.4, -0.2) is 38.7 Å². The van der Waals surface area contributed by atoms with E-state index >= 15 is 0 Å². The second-order valence-electron chi connectivity index (χ2n) is 5.81. The fourth-order valence-corrected chi connectivity index (χ4v) is 3.01. The second-order valence-corrected chi connectivity index (χ2v) is 5.81. The third-order valence-corrected chi connectivity index (χ3v) is 4.35. The summed E-state index contributed by atoms with van der Waals surface area (Å²) in [5.41, 5.74) is 1.59. The zero-order valence-electron chi connectivity index (χ0n) is 13.3. The van der Waals surface area contributed by atoms with Crippen LogP contribution in [-0.2, 0) is 16.6 Å². The highest BCUT2D eigenvalue weighted by Crippen LogP contribution is 2.36. The molecule has 23 heavy (non-hydrogen) atoms. The van der Waals surface area contributed by atoms with E-state index in [1.165, 1.54) is 6.26 Å². The van der Waals surface area contributed by atoms with Crippen LogP contribution in [0.4, 0.5) is 5.82 Å². The lowest BCUT2D eigenvalue weighted by molar-refractivity contribution is -0.140. The van der Waals surface area contributed by atoms with E-state index in [0.29, 0.717) is 18.7 Å². The fourth-order valence-electron chi connectivity index (χ4n) is 3.01. The number of hydrogen-bond donors (Lipinski definition) is 1. The van der Waals surface area contributed by atoms with Crippen molar-refractivity contribution < 1.29 is 14.1 Å². The summed E-state index contributed by atoms with van der Waals surface area (Å²) >= 11 is 0. The fraction of sp³-hybridized carbons (Fsp3) is 0.467. The monoisotopic (exact) mass is 317 g/mol. The van der Waals surface area contributed by atoms with Gasteiger partial charge < -0.3 is 14.7 Å². The van der Waals surface area contributed by atoms with Gasteiger partial charge in [0.1, 0.15) is 6.26 Å². The van der Waals surface area contributed by atoms with Gasteiger partial charge in [0, 0.05) is 32.3 Å². The Balaban J connectivity index is 1.89. The van der Waals surface area contributed by atoms with Gasteiger partial charge in [-0.1, -0.05) is 5.16 Å². The molecule has 2 amide bonds. The number of rotatable bonds is 3. The number of hydrogen-bond acceptors (Lipinski definition) is 5. The zero-order chi connectivity index (χ0) is 16.6. The molecular formula is C15H19N5O3. The number of aryl methyl sites for hydroxylation is 2. The number of nitrogens with zero attached hydrogens (tertiary/aromatic N) is 4. The molecule has 8 heteroatoms. The van der Waals surface area contributed by atoms with Gasteiger partial charge in [-0.2, -0.15) is 5.10 Å². The van der Waals surface area contributed by atoms with Crippen molar-refractivity contribution in [1.29, 1.82) is 0 Å². The molecule has 3 heterocycles. The van der Waals surface area contributed by atoms with Crippen molar-refractivity contribution in [3.63, 3.8) is 0 Å². The van der Waals surface area contributed by atoms with Crippen LogP contribution in [0.3, 0.4) is 0 Å². The van der Waals surface area contributed by atoms with E-state index in [9.17, 15) is 9.59 Å². The van der Waals surface area contributed by atoms with Crippen molar-refractivity contribution in [2.24, 2.45) is 13.0 Å². The summed E-state index contributed by atoms with van der Waals surface area (Å²) in [6.07, 6.45) is 3.98. The maximum Gasteiger partial charge on any atom is 0.231 e. The second kappa shape index (κ2) is 5.86. The van der Waals surface area contributed by atoms with E-state index in [2.05, 4.69) is 15.6 Å². The number of anilines is 1. The largest absolute Gasteiger partial charge is 0.362 e. The Labute approximate surface area is 133 Å². The Bertz CT molecular complexity index is 735. The molecule has 8 nitrogen and oxygen atoms in total. The highest BCUT2D eigenvalue weighted by atomic mass is 16.5. The van der Waals surface area contributed by atoms with Crippen LogP contribution in [0.25, 0.3) is 0 Å². The van der Waals surface area contributed by atoms with E-state index in [1.807, 2.05) is 6.07 Å². The van der Waals surface area contributed by atoms with Gasteiger partial charge in [0.15, 0.2) is 5.82 Å². The predicted octanol–water partition coefficient (Wildman–Crippen LogP) is 1.26. The summed E-state index contributed by atoms with van der Waals surface area (Å²) in [5.74, 6) is -0.104. The summed E-state index contributed by atoms with van der Waals surface area (Å²) in [6, 6.07) is 1.48. The van der Waals surface area contributed by atoms with Gasteiger partial charge >= 0.3 is 0 Å². The van der Waals surface area contributed by atoms with Gasteiger partial charge in [-0.3, -0.25) is 14.3 Å². The molecule has 0 radical (unpaired) electrons. The van der Waals surface area contributed by atoms with Crippen molar-refractivity contribution in [2.75, 3.05) is 12.4 Å². The SMILES string of the molecule is Cc1conc1NC(=O)[C@H]1CCC(=O)N(C)[C@@H]1c1ccnn1C. The van der Waals surface area contributed by atoms with Crippen LogP contribution in [0, 0.1) is 12.8 Å². The maximum absolute atomic E-state index is 12.7. The first-order valence-electron chi connectivity index (χ1n) is 7.44. The van der Waals surface area contributed by atoms with Crippen LogP contribution in [0.2, 0.25) is 0 Å². The Hall–Kier alpha value is -2.64. The lowest BCUT2D eigenvalue weighted by Gasteiger charge is -2.38. The molecule has 3 rings (SSSR count). The van der Waals surface area contributed by atoms with Gasteiger partial charge in [-0.25, -0.2) is 0 Å². The lowest BCUT2D eigenvalue weighted by Crippen LogP contribution is -2.45. The minimum atomic E-state index is -0.371. The highest BCUT2D eigenvalue weighted by Gasteiger charge is 2.40. The van der Waals surface area contributed by atoms with Gasteiger partial charge in [-0.05, 0) is 19.4 Å². The molecule has 0 aliphatic carbocycles. The van der Waals surface area contributed by atoms with Gasteiger partial charge in [-0.15, -0.1) is 0 Å². The standard InChI is InChI=1S/C15H19N5O3/c1-9-8-23-18-14(9)17-15(22)10-4-5-12(21)19(2)13(10)11-6-7-16-20(11)3/h6-8,10,13H,4-5H2,1-3H3,(H,17,18,22)/t10-,13-/m0/s1. The summed E-state index contributed by atoms with van der Waals surface area (Å²) < 4.78 is 6.54. The summed E-state index contributed by atoms with van der Waals surface area (Å²) in [4.78, 5) is 26.4. The average Bonchev–Trinajstić information content (AvgIpc) is 3.11. The summed E-state index contributed by atoms with van der Waals surface area (Å²) in [5, 5.41) is 10.7. The van der Waals surface area contributed by atoms with Gasteiger partial charge in [0.25, 0.3) is 0 Å². The predicted molar refractivity (Wildman–Crippen MR) is 81.3 cm³/mol. The van der Waals surface area contributed by atoms with E-state index in [1.54, 1.807) is 36.8 Å². The smallest absolute Gasteiger partial charge is 0.231 e. The summed E-state index contributed by atoms with van der Waals surface area (Å²) in [6.45, 7) is 1.81. The summed E-state index contributed by atoms with van der Waals surface area (Å²) in [7, 11) is 3.53. The van der Waals surface area contributed by atoms with Crippen molar-refractivity contribution in [1.82, 2.24) is 19.8 Å². The number of nitrogens with one attached hydrogen (secondary N) is 1. The Kier molecular flexibility index (Phi) is 3.89. The molecule has 0 saturated carbocycles. The van der Waals surface area contributed by atoms with Crippen molar-refractivity contribution in [3.05, 3.63) is 29.8 Å². The van der Waals surface area contributed by atoms with Crippen LogP contribution < -0.4 is 5.32 Å². The van der Waals surface area contributed by atoms with Crippen LogP contribution in [0.1, 0.15) is 30.1 Å². The maximum atomic E-state index is 12.7. The van der Waals surface area contributed by atoms with Crippen molar-refractivity contribution in [2.45, 2.75) is 25.8 Å². The minimum absolute atomic E-state index is 0.0258. The number of amides is 2. The number of carbonyl (C=O) groups excluding carboxylic acids is 2. The number of likely N-dealkylation sites (tertiary alicyclic amines) is 1. The molecule has 0 unspecified atom stereocenters. The molecule has 1 N–H and O–H groups in total. The number of aromatic nitrogens is 3. The average molecular weight is 317 g/mol. The van der Waals surface area contributed by atoms with Crippen molar-refractivity contribution >= 4 is 17.6 Å². The van der Waals surface area contributed by atoms with Gasteiger partial charge in [0.2, 0.25) is 11.8 Å². The molecule has 0 bridgehead atoms. The quantitative estimate of drug-likeness (QED) is 0.920. The normalized spacial score (nSPS) is 21.5. The molecule has 2 atom stereocenters. The van der Waals surface area contributed by atoms with Gasteiger partial charge in [0.05, 0.1) is 17.7 Å². The number of piperidine rings is 1. The Morgan fingerprint density at radius 3 is 2.83 bits per heavy atom. The van der Waals surface area contributed by atoms with E-state index in [-0.39, 0.29) is 23.8 Å². The lowest BCUT2D eigenvalue weighted by atomic mass is 9.86. The molecule has 0 spiro atoms. The van der Waals surface area contributed by atoms with Crippen LogP contribution >= 0.6 is 0 Å². The molecular weight excluding hydrogens is 298 g/mol. The molecule has 1 aliphatic heterocycles. The third-order valence-electron chi connectivity index (χ3n) is 4.35. The molecule has 1 aliphatic rings. The molecule has 0 aromatic carbocycles. The van der Waals surface area contributed by atoms with E-state index < -0.39 is 0 Å². The van der Waals surface area contributed by atoms with Crippen molar-refractivity contribution in [3.8, 4) is 0 Å². The van der Waals surface area contributed by atoms with Crippen LogP contribution in [0.5, 0.6) is 0 Å². The third kappa shape index (κ3) is 2.71. The van der Waals surface area contributed by atoms with E-state index in [4.69, 9.17) is 4.52 Å². The molecule has 1 fully saturated rings. The topological polar surface area (TPSA) is 93.3 Å². The zero-order valence-corrected chi connectivity index (χ0v) is 13.3.